The first kappa shape index (κ1) is 12.4. The second-order valence-corrected chi connectivity index (χ2v) is 4.26. The zero-order valence-corrected chi connectivity index (χ0v) is 10.5. The van der Waals surface area contributed by atoms with Crippen molar-refractivity contribution in [3.8, 4) is 0 Å². The normalized spacial score (nSPS) is 10.1. The van der Waals surface area contributed by atoms with Crippen LogP contribution in [0.15, 0.2) is 36.5 Å². The van der Waals surface area contributed by atoms with E-state index in [0.717, 1.165) is 5.56 Å². The lowest BCUT2D eigenvalue weighted by Gasteiger charge is -2.10. The molecular weight excluding hydrogens is 250 g/mol. The van der Waals surface area contributed by atoms with Crippen molar-refractivity contribution < 1.29 is 4.79 Å². The Morgan fingerprint density at radius 2 is 2.11 bits per heavy atom. The van der Waals surface area contributed by atoms with Crippen molar-refractivity contribution in [3.05, 3.63) is 52.7 Å². The molecule has 2 aromatic rings. The number of halogens is 1. The number of hydrogen-bond acceptors (Lipinski definition) is 3. The fourth-order valence-corrected chi connectivity index (χ4v) is 1.78. The van der Waals surface area contributed by atoms with Gasteiger partial charge in [-0.25, -0.2) is 4.98 Å². The van der Waals surface area contributed by atoms with Gasteiger partial charge in [0.15, 0.2) is 0 Å². The molecule has 0 aliphatic rings. The fourth-order valence-electron chi connectivity index (χ4n) is 1.52. The molecule has 1 amide bonds. The van der Waals surface area contributed by atoms with Crippen molar-refractivity contribution in [1.29, 1.82) is 0 Å². The minimum absolute atomic E-state index is 0.265. The number of rotatable bonds is 2. The largest absolute Gasteiger partial charge is 0.384 e. The van der Waals surface area contributed by atoms with E-state index < -0.39 is 0 Å². The van der Waals surface area contributed by atoms with Crippen LogP contribution >= 0.6 is 11.6 Å². The van der Waals surface area contributed by atoms with E-state index in [-0.39, 0.29) is 5.91 Å². The second kappa shape index (κ2) is 5.06. The van der Waals surface area contributed by atoms with Gasteiger partial charge >= 0.3 is 0 Å². The quantitative estimate of drug-likeness (QED) is 0.873. The highest BCUT2D eigenvalue weighted by Crippen LogP contribution is 2.25. The van der Waals surface area contributed by atoms with E-state index in [4.69, 9.17) is 17.3 Å². The maximum absolute atomic E-state index is 12.0. The number of nitrogen functional groups attached to an aromatic ring is 1. The van der Waals surface area contributed by atoms with Crippen LogP contribution in [0.2, 0.25) is 5.02 Å². The van der Waals surface area contributed by atoms with Crippen LogP contribution in [-0.4, -0.2) is 10.9 Å². The number of nitrogens with one attached hydrogen (secondary N) is 1. The molecule has 92 valence electrons. The third kappa shape index (κ3) is 2.60. The predicted molar refractivity (Wildman–Crippen MR) is 72.8 cm³/mol. The number of carbonyl (C=O) groups excluding carboxylic acids is 1. The second-order valence-electron chi connectivity index (χ2n) is 3.86. The average Bonchev–Trinajstić information content (AvgIpc) is 2.34. The van der Waals surface area contributed by atoms with Crippen LogP contribution in [0.25, 0.3) is 0 Å². The van der Waals surface area contributed by atoms with Crippen LogP contribution < -0.4 is 11.1 Å². The third-order valence-corrected chi connectivity index (χ3v) is 2.82. The van der Waals surface area contributed by atoms with E-state index in [9.17, 15) is 4.79 Å². The average molecular weight is 262 g/mol. The van der Waals surface area contributed by atoms with Gasteiger partial charge in [0, 0.05) is 6.20 Å². The minimum Gasteiger partial charge on any atom is -0.384 e. The Labute approximate surface area is 110 Å². The summed E-state index contributed by atoms with van der Waals surface area (Å²) in [6, 6.07) is 8.63. The molecular formula is C13H12ClN3O. The molecule has 0 aliphatic heterocycles. The Morgan fingerprint density at radius 1 is 1.33 bits per heavy atom. The molecule has 2 rings (SSSR count). The summed E-state index contributed by atoms with van der Waals surface area (Å²) in [6.07, 6.45) is 1.43. The van der Waals surface area contributed by atoms with Crippen LogP contribution in [0.4, 0.5) is 11.5 Å². The van der Waals surface area contributed by atoms with Gasteiger partial charge in [0.2, 0.25) is 0 Å². The number of nitrogens with zero attached hydrogens (tertiary/aromatic N) is 1. The van der Waals surface area contributed by atoms with Gasteiger partial charge < -0.3 is 11.1 Å². The van der Waals surface area contributed by atoms with E-state index in [1.54, 1.807) is 18.2 Å². The van der Waals surface area contributed by atoms with Crippen LogP contribution in [-0.2, 0) is 0 Å². The molecule has 1 aromatic carbocycles. The summed E-state index contributed by atoms with van der Waals surface area (Å²) >= 11 is 6.04. The highest BCUT2D eigenvalue weighted by atomic mass is 35.5. The highest BCUT2D eigenvalue weighted by molar-refractivity contribution is 6.34. The summed E-state index contributed by atoms with van der Waals surface area (Å²) in [4.78, 5) is 15.8. The van der Waals surface area contributed by atoms with Crippen molar-refractivity contribution in [3.63, 3.8) is 0 Å². The minimum atomic E-state index is -0.265. The standard InChI is InChI=1S/C13H12ClN3O/c1-8-3-2-4-10(14)12(8)17-13(18)9-5-6-11(15)16-7-9/h2-7H,1H3,(H2,15,16)(H,17,18). The summed E-state index contributed by atoms with van der Waals surface area (Å²) < 4.78 is 0. The van der Waals surface area contributed by atoms with Crippen molar-refractivity contribution >= 4 is 29.0 Å². The number of benzene rings is 1. The number of aryl methyl sites for hydroxylation is 1. The predicted octanol–water partition coefficient (Wildman–Crippen LogP) is 2.88. The first-order valence-electron chi connectivity index (χ1n) is 5.36. The monoisotopic (exact) mass is 261 g/mol. The van der Waals surface area contributed by atoms with E-state index in [1.807, 2.05) is 19.1 Å². The molecule has 0 saturated carbocycles. The fraction of sp³-hybridized carbons (Fsp3) is 0.0769. The van der Waals surface area contributed by atoms with E-state index in [2.05, 4.69) is 10.3 Å². The summed E-state index contributed by atoms with van der Waals surface area (Å²) in [6.45, 7) is 1.88. The zero-order valence-electron chi connectivity index (χ0n) is 9.77. The molecule has 0 radical (unpaired) electrons. The lowest BCUT2D eigenvalue weighted by molar-refractivity contribution is 0.102. The van der Waals surface area contributed by atoms with Gasteiger partial charge in [0.25, 0.3) is 5.91 Å². The molecule has 0 saturated heterocycles. The third-order valence-electron chi connectivity index (χ3n) is 2.51. The van der Waals surface area contributed by atoms with E-state index >= 15 is 0 Å². The molecule has 0 spiro atoms. The lowest BCUT2D eigenvalue weighted by Crippen LogP contribution is -2.13. The van der Waals surface area contributed by atoms with E-state index in [0.29, 0.717) is 22.1 Å². The lowest BCUT2D eigenvalue weighted by atomic mass is 10.2. The Balaban J connectivity index is 2.24. The van der Waals surface area contributed by atoms with Crippen LogP contribution in [0, 0.1) is 6.92 Å². The molecule has 18 heavy (non-hydrogen) atoms. The Kier molecular flexibility index (Phi) is 3.48. The smallest absolute Gasteiger partial charge is 0.257 e. The van der Waals surface area contributed by atoms with Gasteiger partial charge in [-0.1, -0.05) is 23.7 Å². The number of aromatic nitrogens is 1. The molecule has 0 unspecified atom stereocenters. The van der Waals surface area contributed by atoms with Crippen molar-refractivity contribution in [1.82, 2.24) is 4.98 Å². The van der Waals surface area contributed by atoms with Crippen molar-refractivity contribution in [2.75, 3.05) is 11.1 Å². The maximum atomic E-state index is 12.0. The topological polar surface area (TPSA) is 68.0 Å². The highest BCUT2D eigenvalue weighted by Gasteiger charge is 2.10. The molecule has 0 aliphatic carbocycles. The number of para-hydroxylation sites is 1. The number of anilines is 2. The van der Waals surface area contributed by atoms with E-state index in [1.165, 1.54) is 6.20 Å². The molecule has 5 heteroatoms. The van der Waals surface area contributed by atoms with Gasteiger partial charge in [0.05, 0.1) is 16.3 Å². The van der Waals surface area contributed by atoms with Crippen molar-refractivity contribution in [2.45, 2.75) is 6.92 Å². The molecule has 0 atom stereocenters. The van der Waals surface area contributed by atoms with Gasteiger partial charge in [-0.2, -0.15) is 0 Å². The number of carbonyl (C=O) groups is 1. The number of nitrogens with two attached hydrogens (primary N) is 1. The van der Waals surface area contributed by atoms with Gasteiger partial charge in [-0.05, 0) is 30.7 Å². The molecule has 4 nitrogen and oxygen atoms in total. The number of pyridine rings is 1. The summed E-state index contributed by atoms with van der Waals surface area (Å²) in [5, 5.41) is 3.27. The molecule has 0 fully saturated rings. The Hall–Kier alpha value is -2.07. The summed E-state index contributed by atoms with van der Waals surface area (Å²) in [5.41, 5.74) is 7.41. The van der Waals surface area contributed by atoms with Gasteiger partial charge in [-0.15, -0.1) is 0 Å². The first-order chi connectivity index (χ1) is 8.58. The number of amides is 1. The Morgan fingerprint density at radius 3 is 2.72 bits per heavy atom. The van der Waals surface area contributed by atoms with Crippen LogP contribution in [0.1, 0.15) is 15.9 Å². The summed E-state index contributed by atoms with van der Waals surface area (Å²) in [5.74, 6) is 0.110. The Bertz CT molecular complexity index is 561. The zero-order chi connectivity index (χ0) is 13.1. The van der Waals surface area contributed by atoms with Gasteiger partial charge in [-0.3, -0.25) is 4.79 Å². The first-order valence-corrected chi connectivity index (χ1v) is 5.73. The number of hydrogen-bond donors (Lipinski definition) is 2. The maximum Gasteiger partial charge on any atom is 0.257 e. The van der Waals surface area contributed by atoms with Crippen LogP contribution in [0.3, 0.4) is 0 Å². The molecule has 0 bridgehead atoms. The molecule has 1 aromatic heterocycles. The van der Waals surface area contributed by atoms with Gasteiger partial charge in [0.1, 0.15) is 5.82 Å². The SMILES string of the molecule is Cc1cccc(Cl)c1NC(=O)c1ccc(N)nc1. The summed E-state index contributed by atoms with van der Waals surface area (Å²) in [7, 11) is 0. The van der Waals surface area contributed by atoms with Crippen molar-refractivity contribution in [2.24, 2.45) is 0 Å². The molecule has 3 N–H and O–H groups in total. The van der Waals surface area contributed by atoms with Crippen LogP contribution in [0.5, 0.6) is 0 Å². The molecule has 1 heterocycles.